The van der Waals surface area contributed by atoms with Gasteiger partial charge >= 0.3 is 0 Å². The van der Waals surface area contributed by atoms with Gasteiger partial charge in [0, 0.05) is 24.4 Å². The van der Waals surface area contributed by atoms with Gasteiger partial charge in [-0.15, -0.1) is 5.10 Å². The van der Waals surface area contributed by atoms with Crippen molar-refractivity contribution in [3.8, 4) is 0 Å². The minimum absolute atomic E-state index is 0.0640. The molecule has 0 aliphatic heterocycles. The summed E-state index contributed by atoms with van der Waals surface area (Å²) in [5.74, 6) is 0.404. The van der Waals surface area contributed by atoms with E-state index < -0.39 is 0 Å². The zero-order chi connectivity index (χ0) is 22.5. The molecule has 4 rings (SSSR count). The molecule has 0 atom stereocenters. The molecular weight excluding hydrogens is 425 g/mol. The molecule has 0 fully saturated rings. The van der Waals surface area contributed by atoms with E-state index in [4.69, 9.17) is 0 Å². The number of aryl methyl sites for hydroxylation is 2. The standard InChI is InChI=1S/C24H24FN5OS/c1-16-20(14-19-10-6-7-11-21(19)25)17(2)30-23(27-16)28-24(29-30)32-15-22(31)26-13-12-18-8-4-3-5-9-18/h3-11H,12-15H2,1-2H3,(H,26,31). The number of thioether (sulfide) groups is 1. The number of rotatable bonds is 8. The molecule has 0 aliphatic rings. The van der Waals surface area contributed by atoms with Gasteiger partial charge in [-0.25, -0.2) is 13.9 Å². The zero-order valence-corrected chi connectivity index (χ0v) is 18.8. The summed E-state index contributed by atoms with van der Waals surface area (Å²) in [6.07, 6.45) is 1.22. The first kappa shape index (κ1) is 22.0. The largest absolute Gasteiger partial charge is 0.355 e. The number of amides is 1. The molecule has 0 radical (unpaired) electrons. The Hall–Kier alpha value is -3.26. The molecule has 6 nitrogen and oxygen atoms in total. The minimum atomic E-state index is -0.237. The maximum Gasteiger partial charge on any atom is 0.253 e. The number of nitrogens with zero attached hydrogens (tertiary/aromatic N) is 4. The lowest BCUT2D eigenvalue weighted by molar-refractivity contribution is -0.118. The molecule has 2 aromatic carbocycles. The molecule has 4 aromatic rings. The van der Waals surface area contributed by atoms with Crippen LogP contribution in [-0.2, 0) is 17.6 Å². The van der Waals surface area contributed by atoms with Crippen molar-refractivity contribution in [3.05, 3.63) is 88.5 Å². The van der Waals surface area contributed by atoms with Crippen LogP contribution in [0.4, 0.5) is 4.39 Å². The minimum Gasteiger partial charge on any atom is -0.355 e. The number of carbonyl (C=O) groups excluding carboxylic acids is 1. The second kappa shape index (κ2) is 9.91. The van der Waals surface area contributed by atoms with Gasteiger partial charge in [-0.05, 0) is 43.0 Å². The van der Waals surface area contributed by atoms with Crippen molar-refractivity contribution in [2.45, 2.75) is 31.8 Å². The number of aromatic nitrogens is 4. The van der Waals surface area contributed by atoms with Crippen molar-refractivity contribution in [2.75, 3.05) is 12.3 Å². The maximum absolute atomic E-state index is 14.1. The molecule has 164 valence electrons. The van der Waals surface area contributed by atoms with Crippen LogP contribution in [0.1, 0.15) is 28.1 Å². The van der Waals surface area contributed by atoms with Gasteiger partial charge in [0.25, 0.3) is 5.78 Å². The molecular formula is C24H24FN5OS. The van der Waals surface area contributed by atoms with Crippen molar-refractivity contribution in [1.29, 1.82) is 0 Å². The van der Waals surface area contributed by atoms with Crippen molar-refractivity contribution in [1.82, 2.24) is 24.9 Å². The van der Waals surface area contributed by atoms with Crippen molar-refractivity contribution < 1.29 is 9.18 Å². The summed E-state index contributed by atoms with van der Waals surface area (Å²) in [5.41, 5.74) is 4.37. The monoisotopic (exact) mass is 449 g/mol. The number of carbonyl (C=O) groups is 1. The van der Waals surface area contributed by atoms with E-state index in [2.05, 4.69) is 20.4 Å². The number of nitrogens with one attached hydrogen (secondary N) is 1. The lowest BCUT2D eigenvalue weighted by Crippen LogP contribution is -2.27. The van der Waals surface area contributed by atoms with Crippen molar-refractivity contribution in [2.24, 2.45) is 0 Å². The van der Waals surface area contributed by atoms with Gasteiger partial charge in [-0.2, -0.15) is 4.98 Å². The van der Waals surface area contributed by atoms with Crippen LogP contribution in [0.3, 0.4) is 0 Å². The van der Waals surface area contributed by atoms with Crippen LogP contribution in [0.2, 0.25) is 0 Å². The van der Waals surface area contributed by atoms with Gasteiger partial charge in [0.1, 0.15) is 5.82 Å². The SMILES string of the molecule is Cc1nc2nc(SCC(=O)NCCc3ccccc3)nn2c(C)c1Cc1ccccc1F. The summed E-state index contributed by atoms with van der Waals surface area (Å²) >= 11 is 1.27. The van der Waals surface area contributed by atoms with E-state index in [0.717, 1.165) is 23.4 Å². The lowest BCUT2D eigenvalue weighted by Gasteiger charge is -2.10. The highest BCUT2D eigenvalue weighted by Gasteiger charge is 2.16. The Labute approximate surface area is 190 Å². The third-order valence-electron chi connectivity index (χ3n) is 5.27. The Kier molecular flexibility index (Phi) is 6.80. The second-order valence-electron chi connectivity index (χ2n) is 7.51. The number of hydrogen-bond acceptors (Lipinski definition) is 5. The highest BCUT2D eigenvalue weighted by atomic mass is 32.2. The van der Waals surface area contributed by atoms with Crippen LogP contribution in [-0.4, -0.2) is 37.8 Å². The second-order valence-corrected chi connectivity index (χ2v) is 8.45. The molecule has 2 heterocycles. The van der Waals surface area contributed by atoms with E-state index in [1.807, 2.05) is 50.2 Å². The van der Waals surface area contributed by atoms with Crippen LogP contribution in [0.15, 0.2) is 59.8 Å². The molecule has 1 N–H and O–H groups in total. The number of hydrogen-bond donors (Lipinski definition) is 1. The smallest absolute Gasteiger partial charge is 0.253 e. The summed E-state index contributed by atoms with van der Waals surface area (Å²) in [6.45, 7) is 4.41. The average molecular weight is 450 g/mol. The number of halogens is 1. The summed E-state index contributed by atoms with van der Waals surface area (Å²) in [5, 5.41) is 7.92. The summed E-state index contributed by atoms with van der Waals surface area (Å²) in [6, 6.07) is 16.8. The number of benzene rings is 2. The molecule has 32 heavy (non-hydrogen) atoms. The van der Waals surface area contributed by atoms with Crippen LogP contribution in [0, 0.1) is 19.7 Å². The molecule has 0 bridgehead atoms. The Morgan fingerprint density at radius 3 is 2.59 bits per heavy atom. The summed E-state index contributed by atoms with van der Waals surface area (Å²) in [4.78, 5) is 21.2. The third-order valence-corrected chi connectivity index (χ3v) is 6.10. The van der Waals surface area contributed by atoms with Crippen molar-refractivity contribution >= 4 is 23.4 Å². The van der Waals surface area contributed by atoms with Gasteiger partial charge in [0.15, 0.2) is 0 Å². The molecule has 1 amide bonds. The maximum atomic E-state index is 14.1. The fraction of sp³-hybridized carbons (Fsp3) is 0.250. The molecule has 8 heteroatoms. The Bertz CT molecular complexity index is 1240. The highest BCUT2D eigenvalue weighted by molar-refractivity contribution is 7.99. The highest BCUT2D eigenvalue weighted by Crippen LogP contribution is 2.21. The van der Waals surface area contributed by atoms with E-state index in [1.165, 1.54) is 23.4 Å². The van der Waals surface area contributed by atoms with Crippen LogP contribution < -0.4 is 5.32 Å². The topological polar surface area (TPSA) is 72.2 Å². The summed E-state index contributed by atoms with van der Waals surface area (Å²) < 4.78 is 15.8. The molecule has 0 saturated carbocycles. The predicted molar refractivity (Wildman–Crippen MR) is 123 cm³/mol. The molecule has 0 unspecified atom stereocenters. The summed E-state index contributed by atoms with van der Waals surface area (Å²) in [7, 11) is 0. The van der Waals surface area contributed by atoms with E-state index in [0.29, 0.717) is 29.5 Å². The van der Waals surface area contributed by atoms with Gasteiger partial charge < -0.3 is 5.32 Å². The Morgan fingerprint density at radius 2 is 1.81 bits per heavy atom. The Balaban J connectivity index is 1.40. The van der Waals surface area contributed by atoms with Crippen LogP contribution in [0.5, 0.6) is 0 Å². The first-order chi connectivity index (χ1) is 15.5. The third kappa shape index (κ3) is 5.13. The fourth-order valence-corrected chi connectivity index (χ4v) is 4.16. The zero-order valence-electron chi connectivity index (χ0n) is 18.0. The molecule has 0 aliphatic carbocycles. The van der Waals surface area contributed by atoms with Crippen molar-refractivity contribution in [3.63, 3.8) is 0 Å². The van der Waals surface area contributed by atoms with E-state index in [1.54, 1.807) is 16.6 Å². The van der Waals surface area contributed by atoms with E-state index >= 15 is 0 Å². The molecule has 2 aromatic heterocycles. The van der Waals surface area contributed by atoms with Gasteiger partial charge in [0.05, 0.1) is 5.75 Å². The number of fused-ring (bicyclic) bond motifs is 1. The van der Waals surface area contributed by atoms with Gasteiger partial charge in [0.2, 0.25) is 11.1 Å². The van der Waals surface area contributed by atoms with Crippen LogP contribution >= 0.6 is 11.8 Å². The lowest BCUT2D eigenvalue weighted by atomic mass is 10.0. The van der Waals surface area contributed by atoms with Gasteiger partial charge in [-0.3, -0.25) is 4.79 Å². The normalized spacial score (nSPS) is 11.1. The first-order valence-electron chi connectivity index (χ1n) is 10.4. The Morgan fingerprint density at radius 1 is 1.06 bits per heavy atom. The quantitative estimate of drug-likeness (QED) is 0.413. The fourth-order valence-electron chi connectivity index (χ4n) is 3.51. The van der Waals surface area contributed by atoms with E-state index in [9.17, 15) is 9.18 Å². The predicted octanol–water partition coefficient (Wildman–Crippen LogP) is 3.92. The average Bonchev–Trinajstić information content (AvgIpc) is 3.20. The molecule has 0 saturated heterocycles. The van der Waals surface area contributed by atoms with Crippen LogP contribution in [0.25, 0.3) is 5.78 Å². The first-order valence-corrected chi connectivity index (χ1v) is 11.4. The van der Waals surface area contributed by atoms with E-state index in [-0.39, 0.29) is 17.5 Å². The van der Waals surface area contributed by atoms with Gasteiger partial charge in [-0.1, -0.05) is 60.3 Å². The molecule has 0 spiro atoms.